The SMILES string of the molecule is CC(OC=O)C1CNCCO1. The zero-order valence-electron chi connectivity index (χ0n) is 6.58. The predicted molar refractivity (Wildman–Crippen MR) is 39.2 cm³/mol. The van der Waals surface area contributed by atoms with Gasteiger partial charge < -0.3 is 14.8 Å². The molecular formula is C7H13NO3. The summed E-state index contributed by atoms with van der Waals surface area (Å²) in [5.74, 6) is 0. The first-order valence-electron chi connectivity index (χ1n) is 3.76. The molecule has 4 nitrogen and oxygen atoms in total. The van der Waals surface area contributed by atoms with Crippen molar-refractivity contribution in [2.24, 2.45) is 0 Å². The Kier molecular flexibility index (Phi) is 3.32. The maximum absolute atomic E-state index is 9.96. The van der Waals surface area contributed by atoms with Crippen molar-refractivity contribution in [3.8, 4) is 0 Å². The van der Waals surface area contributed by atoms with Gasteiger partial charge in [-0.1, -0.05) is 0 Å². The molecule has 0 amide bonds. The van der Waals surface area contributed by atoms with Crippen molar-refractivity contribution >= 4 is 6.47 Å². The lowest BCUT2D eigenvalue weighted by Gasteiger charge is -2.27. The van der Waals surface area contributed by atoms with Crippen LogP contribution in [0, 0.1) is 0 Å². The van der Waals surface area contributed by atoms with Gasteiger partial charge in [-0.15, -0.1) is 0 Å². The summed E-state index contributed by atoms with van der Waals surface area (Å²) in [6, 6.07) is 0. The van der Waals surface area contributed by atoms with Crippen molar-refractivity contribution in [2.45, 2.75) is 19.1 Å². The van der Waals surface area contributed by atoms with Gasteiger partial charge >= 0.3 is 0 Å². The Bertz CT molecular complexity index is 123. The summed E-state index contributed by atoms with van der Waals surface area (Å²) in [4.78, 5) is 9.96. The smallest absolute Gasteiger partial charge is 0.293 e. The second-order valence-corrected chi connectivity index (χ2v) is 2.55. The highest BCUT2D eigenvalue weighted by atomic mass is 16.6. The zero-order chi connectivity index (χ0) is 8.10. The Morgan fingerprint density at radius 3 is 3.18 bits per heavy atom. The van der Waals surface area contributed by atoms with Gasteiger partial charge in [-0.3, -0.25) is 4.79 Å². The molecule has 0 radical (unpaired) electrons. The molecule has 1 aliphatic rings. The van der Waals surface area contributed by atoms with Gasteiger partial charge in [0.15, 0.2) is 0 Å². The lowest BCUT2D eigenvalue weighted by Crippen LogP contribution is -2.44. The average molecular weight is 159 g/mol. The zero-order valence-corrected chi connectivity index (χ0v) is 6.58. The molecule has 4 heteroatoms. The molecule has 2 unspecified atom stereocenters. The topological polar surface area (TPSA) is 47.6 Å². The fourth-order valence-electron chi connectivity index (χ4n) is 1.06. The second kappa shape index (κ2) is 4.31. The highest BCUT2D eigenvalue weighted by Crippen LogP contribution is 2.04. The maximum atomic E-state index is 9.96. The number of hydrogen-bond donors (Lipinski definition) is 1. The van der Waals surface area contributed by atoms with E-state index in [1.54, 1.807) is 0 Å². The first-order valence-corrected chi connectivity index (χ1v) is 3.76. The first kappa shape index (κ1) is 8.49. The minimum absolute atomic E-state index is 0.00829. The first-order chi connectivity index (χ1) is 5.34. The van der Waals surface area contributed by atoms with Gasteiger partial charge in [-0.25, -0.2) is 0 Å². The van der Waals surface area contributed by atoms with Crippen molar-refractivity contribution in [1.82, 2.24) is 5.32 Å². The normalized spacial score (nSPS) is 27.5. The minimum atomic E-state index is -0.153. The number of ether oxygens (including phenoxy) is 2. The predicted octanol–water partition coefficient (Wildman–Crippen LogP) is -0.464. The summed E-state index contributed by atoms with van der Waals surface area (Å²) in [5, 5.41) is 3.15. The molecule has 0 spiro atoms. The molecule has 0 aromatic heterocycles. The third-order valence-electron chi connectivity index (χ3n) is 1.75. The molecule has 1 heterocycles. The molecule has 64 valence electrons. The van der Waals surface area contributed by atoms with E-state index in [0.717, 1.165) is 13.1 Å². The summed E-state index contributed by atoms with van der Waals surface area (Å²) in [5.41, 5.74) is 0. The Morgan fingerprint density at radius 1 is 1.82 bits per heavy atom. The van der Waals surface area contributed by atoms with E-state index in [1.807, 2.05) is 6.92 Å². The molecule has 11 heavy (non-hydrogen) atoms. The molecule has 0 aromatic rings. The Labute approximate surface area is 65.9 Å². The van der Waals surface area contributed by atoms with E-state index < -0.39 is 0 Å². The highest BCUT2D eigenvalue weighted by Gasteiger charge is 2.20. The Balaban J connectivity index is 2.26. The van der Waals surface area contributed by atoms with Crippen molar-refractivity contribution in [3.05, 3.63) is 0 Å². The van der Waals surface area contributed by atoms with Crippen molar-refractivity contribution in [3.63, 3.8) is 0 Å². The summed E-state index contributed by atoms with van der Waals surface area (Å²) in [6.07, 6.45) is -0.144. The van der Waals surface area contributed by atoms with Gasteiger partial charge in [0.25, 0.3) is 6.47 Å². The fourth-order valence-corrected chi connectivity index (χ4v) is 1.06. The van der Waals surface area contributed by atoms with E-state index in [-0.39, 0.29) is 12.2 Å². The lowest BCUT2D eigenvalue weighted by atomic mass is 10.2. The largest absolute Gasteiger partial charge is 0.462 e. The van der Waals surface area contributed by atoms with E-state index in [4.69, 9.17) is 9.47 Å². The fraction of sp³-hybridized carbons (Fsp3) is 0.857. The summed E-state index contributed by atoms with van der Waals surface area (Å²) in [7, 11) is 0. The van der Waals surface area contributed by atoms with E-state index in [9.17, 15) is 4.79 Å². The molecule has 0 aliphatic carbocycles. The monoisotopic (exact) mass is 159 g/mol. The molecule has 2 atom stereocenters. The number of rotatable bonds is 3. The summed E-state index contributed by atoms with van der Waals surface area (Å²) in [6.45, 7) is 4.62. The molecule has 1 fully saturated rings. The van der Waals surface area contributed by atoms with Crippen LogP contribution in [0.15, 0.2) is 0 Å². The Morgan fingerprint density at radius 2 is 2.64 bits per heavy atom. The van der Waals surface area contributed by atoms with E-state index in [1.165, 1.54) is 0 Å². The molecule has 0 saturated carbocycles. The van der Waals surface area contributed by atoms with Gasteiger partial charge in [-0.2, -0.15) is 0 Å². The summed E-state index contributed by atoms with van der Waals surface area (Å²) >= 11 is 0. The molecular weight excluding hydrogens is 146 g/mol. The molecule has 1 N–H and O–H groups in total. The lowest BCUT2D eigenvalue weighted by molar-refractivity contribution is -0.141. The maximum Gasteiger partial charge on any atom is 0.293 e. The van der Waals surface area contributed by atoms with Crippen LogP contribution >= 0.6 is 0 Å². The minimum Gasteiger partial charge on any atom is -0.462 e. The van der Waals surface area contributed by atoms with Crippen LogP contribution in [0.3, 0.4) is 0 Å². The number of nitrogens with one attached hydrogen (secondary N) is 1. The van der Waals surface area contributed by atoms with Crippen LogP contribution in [0.25, 0.3) is 0 Å². The molecule has 0 aromatic carbocycles. The summed E-state index contributed by atoms with van der Waals surface area (Å²) < 4.78 is 10.1. The molecule has 1 saturated heterocycles. The third-order valence-corrected chi connectivity index (χ3v) is 1.75. The highest BCUT2D eigenvalue weighted by molar-refractivity contribution is 5.37. The van der Waals surface area contributed by atoms with Crippen LogP contribution in [-0.2, 0) is 14.3 Å². The van der Waals surface area contributed by atoms with Crippen molar-refractivity contribution < 1.29 is 14.3 Å². The molecule has 1 aliphatic heterocycles. The standard InChI is InChI=1S/C7H13NO3/c1-6(11-5-9)7-4-8-2-3-10-7/h5-8H,2-4H2,1H3. The van der Waals surface area contributed by atoms with Crippen molar-refractivity contribution in [2.75, 3.05) is 19.7 Å². The van der Waals surface area contributed by atoms with E-state index in [2.05, 4.69) is 5.32 Å². The third kappa shape index (κ3) is 2.48. The number of carbonyl (C=O) groups is 1. The molecule has 1 rings (SSSR count). The van der Waals surface area contributed by atoms with Crippen LogP contribution in [0.1, 0.15) is 6.92 Å². The van der Waals surface area contributed by atoms with Crippen LogP contribution < -0.4 is 5.32 Å². The quantitative estimate of drug-likeness (QED) is 0.566. The number of carbonyl (C=O) groups excluding carboxylic acids is 1. The van der Waals surface area contributed by atoms with Crippen molar-refractivity contribution in [1.29, 1.82) is 0 Å². The van der Waals surface area contributed by atoms with E-state index in [0.29, 0.717) is 13.1 Å². The van der Waals surface area contributed by atoms with Crippen LogP contribution in [0.2, 0.25) is 0 Å². The van der Waals surface area contributed by atoms with E-state index >= 15 is 0 Å². The van der Waals surface area contributed by atoms with Crippen LogP contribution in [-0.4, -0.2) is 38.4 Å². The Hall–Kier alpha value is -0.610. The van der Waals surface area contributed by atoms with Crippen LogP contribution in [0.4, 0.5) is 0 Å². The van der Waals surface area contributed by atoms with Gasteiger partial charge in [-0.05, 0) is 6.92 Å². The van der Waals surface area contributed by atoms with Gasteiger partial charge in [0.1, 0.15) is 12.2 Å². The second-order valence-electron chi connectivity index (χ2n) is 2.55. The number of hydrogen-bond acceptors (Lipinski definition) is 4. The average Bonchev–Trinajstić information content (AvgIpc) is 2.07. The molecule has 0 bridgehead atoms. The van der Waals surface area contributed by atoms with Gasteiger partial charge in [0.2, 0.25) is 0 Å². The van der Waals surface area contributed by atoms with Crippen LogP contribution in [0.5, 0.6) is 0 Å². The van der Waals surface area contributed by atoms with Gasteiger partial charge in [0, 0.05) is 13.1 Å². The number of morpholine rings is 1. The van der Waals surface area contributed by atoms with Gasteiger partial charge in [0.05, 0.1) is 6.61 Å².